The number of quaternary nitrogens is 1. The van der Waals surface area contributed by atoms with Gasteiger partial charge >= 0.3 is 0 Å². The van der Waals surface area contributed by atoms with Gasteiger partial charge in [-0.3, -0.25) is 9.28 Å². The first-order valence-electron chi connectivity index (χ1n) is 13.4. The summed E-state index contributed by atoms with van der Waals surface area (Å²) in [7, 11) is 0. The maximum Gasteiger partial charge on any atom is 0.217 e. The van der Waals surface area contributed by atoms with Crippen LogP contribution in [0.2, 0.25) is 0 Å². The molecular formula is C27H52N3O+. The predicted octanol–water partition coefficient (Wildman–Crippen LogP) is 6.80. The Balaban J connectivity index is 1.99. The molecule has 0 aromatic carbocycles. The number of rotatable bonds is 20. The number of unbranched alkanes of at least 4 members (excludes halogenated alkanes) is 12. The zero-order chi connectivity index (χ0) is 22.6. The normalized spacial score (nSPS) is 20.7. The van der Waals surface area contributed by atoms with E-state index in [2.05, 4.69) is 37.5 Å². The van der Waals surface area contributed by atoms with E-state index in [1.54, 1.807) is 6.92 Å². The monoisotopic (exact) mass is 434 g/mol. The molecule has 0 aromatic rings. The molecule has 1 amide bonds. The lowest BCUT2D eigenvalue weighted by Crippen LogP contribution is -2.55. The topological polar surface area (TPSA) is 41.5 Å². The fourth-order valence-corrected chi connectivity index (χ4v) is 4.71. The SMILES string of the molecule is CCCCCCCCC/C=C/CCCCCCCC1N=CC[N+]1(CC)CCNC(C)=O. The van der Waals surface area contributed by atoms with Gasteiger partial charge in [-0.25, -0.2) is 4.99 Å². The van der Waals surface area contributed by atoms with E-state index in [1.165, 1.54) is 96.3 Å². The number of amides is 1. The zero-order valence-electron chi connectivity index (χ0n) is 21.0. The van der Waals surface area contributed by atoms with Gasteiger partial charge in [-0.15, -0.1) is 0 Å². The summed E-state index contributed by atoms with van der Waals surface area (Å²) in [6.45, 7) is 10.0. The van der Waals surface area contributed by atoms with Crippen LogP contribution in [0.3, 0.4) is 0 Å². The van der Waals surface area contributed by atoms with Gasteiger partial charge in [0.15, 0.2) is 6.17 Å². The number of carbonyl (C=O) groups excluding carboxylic acids is 1. The Hall–Kier alpha value is -1.16. The molecule has 0 bridgehead atoms. The third kappa shape index (κ3) is 13.1. The first kappa shape index (κ1) is 27.9. The van der Waals surface area contributed by atoms with E-state index in [4.69, 9.17) is 4.99 Å². The predicted molar refractivity (Wildman–Crippen MR) is 136 cm³/mol. The second kappa shape index (κ2) is 18.4. The van der Waals surface area contributed by atoms with E-state index < -0.39 is 0 Å². The van der Waals surface area contributed by atoms with Crippen molar-refractivity contribution in [2.75, 3.05) is 26.2 Å². The molecule has 0 aromatic heterocycles. The highest BCUT2D eigenvalue weighted by molar-refractivity contribution is 5.72. The van der Waals surface area contributed by atoms with Crippen molar-refractivity contribution in [2.45, 2.75) is 123 Å². The summed E-state index contributed by atoms with van der Waals surface area (Å²) in [5, 5.41) is 2.96. The second-order valence-corrected chi connectivity index (χ2v) is 9.46. The van der Waals surface area contributed by atoms with Gasteiger partial charge in [-0.05, 0) is 39.0 Å². The molecule has 31 heavy (non-hydrogen) atoms. The van der Waals surface area contributed by atoms with Crippen molar-refractivity contribution in [3.05, 3.63) is 12.2 Å². The van der Waals surface area contributed by atoms with Crippen LogP contribution in [0.5, 0.6) is 0 Å². The van der Waals surface area contributed by atoms with Crippen LogP contribution >= 0.6 is 0 Å². The number of allylic oxidation sites excluding steroid dienone is 2. The van der Waals surface area contributed by atoms with Gasteiger partial charge in [0.2, 0.25) is 5.91 Å². The molecule has 1 aliphatic heterocycles. The van der Waals surface area contributed by atoms with Gasteiger partial charge in [0, 0.05) is 13.3 Å². The van der Waals surface area contributed by atoms with Crippen LogP contribution in [0.1, 0.15) is 117 Å². The van der Waals surface area contributed by atoms with Crippen molar-refractivity contribution in [3.63, 3.8) is 0 Å². The molecule has 0 radical (unpaired) electrons. The minimum absolute atomic E-state index is 0.0681. The van der Waals surface area contributed by atoms with E-state index in [0.717, 1.165) is 30.7 Å². The minimum Gasteiger partial charge on any atom is -0.351 e. The average Bonchev–Trinajstić information content (AvgIpc) is 3.16. The molecule has 1 aliphatic rings. The molecule has 0 aliphatic carbocycles. The van der Waals surface area contributed by atoms with Crippen molar-refractivity contribution in [3.8, 4) is 0 Å². The highest BCUT2D eigenvalue weighted by Gasteiger charge is 2.37. The van der Waals surface area contributed by atoms with Crippen LogP contribution < -0.4 is 5.32 Å². The lowest BCUT2D eigenvalue weighted by Gasteiger charge is -2.38. The van der Waals surface area contributed by atoms with E-state index >= 15 is 0 Å². The Labute approximate surface area is 193 Å². The zero-order valence-corrected chi connectivity index (χ0v) is 21.0. The highest BCUT2D eigenvalue weighted by atomic mass is 16.1. The number of hydrogen-bond donors (Lipinski definition) is 1. The number of likely N-dealkylation sites (N-methyl/N-ethyl adjacent to an activating group) is 1. The van der Waals surface area contributed by atoms with Crippen molar-refractivity contribution in [1.82, 2.24) is 5.32 Å². The van der Waals surface area contributed by atoms with Gasteiger partial charge < -0.3 is 5.32 Å². The van der Waals surface area contributed by atoms with E-state index in [-0.39, 0.29) is 5.91 Å². The van der Waals surface area contributed by atoms with Crippen LogP contribution in [-0.2, 0) is 4.79 Å². The first-order valence-corrected chi connectivity index (χ1v) is 13.4. The summed E-state index contributed by atoms with van der Waals surface area (Å²) >= 11 is 0. The molecule has 1 rings (SSSR count). The highest BCUT2D eigenvalue weighted by Crippen LogP contribution is 2.24. The molecule has 180 valence electrons. The largest absolute Gasteiger partial charge is 0.351 e. The van der Waals surface area contributed by atoms with Crippen LogP contribution in [0.4, 0.5) is 0 Å². The van der Waals surface area contributed by atoms with Crippen molar-refractivity contribution in [2.24, 2.45) is 4.99 Å². The third-order valence-corrected chi connectivity index (χ3v) is 6.89. The smallest absolute Gasteiger partial charge is 0.217 e. The Kier molecular flexibility index (Phi) is 16.6. The van der Waals surface area contributed by atoms with Crippen LogP contribution in [-0.4, -0.2) is 48.9 Å². The lowest BCUT2D eigenvalue weighted by atomic mass is 10.1. The van der Waals surface area contributed by atoms with Gasteiger partial charge in [-0.2, -0.15) is 0 Å². The lowest BCUT2D eigenvalue weighted by molar-refractivity contribution is -0.935. The number of aliphatic imine (C=N–C) groups is 1. The molecule has 4 nitrogen and oxygen atoms in total. The van der Waals surface area contributed by atoms with Crippen LogP contribution in [0.25, 0.3) is 0 Å². The third-order valence-electron chi connectivity index (χ3n) is 6.89. The summed E-state index contributed by atoms with van der Waals surface area (Å²) in [6.07, 6.45) is 27.5. The molecule has 1 N–H and O–H groups in total. The molecular weight excluding hydrogens is 382 g/mol. The van der Waals surface area contributed by atoms with E-state index in [0.29, 0.717) is 6.17 Å². The number of nitrogens with zero attached hydrogens (tertiary/aromatic N) is 2. The second-order valence-electron chi connectivity index (χ2n) is 9.46. The Morgan fingerprint density at radius 3 is 2.10 bits per heavy atom. The van der Waals surface area contributed by atoms with Gasteiger partial charge in [-0.1, -0.05) is 76.9 Å². The molecule has 0 saturated carbocycles. The van der Waals surface area contributed by atoms with Crippen molar-refractivity contribution in [1.29, 1.82) is 0 Å². The summed E-state index contributed by atoms with van der Waals surface area (Å²) in [6, 6.07) is 0. The summed E-state index contributed by atoms with van der Waals surface area (Å²) in [5.74, 6) is 0.0681. The van der Waals surface area contributed by atoms with Crippen molar-refractivity contribution < 1.29 is 9.28 Å². The summed E-state index contributed by atoms with van der Waals surface area (Å²) < 4.78 is 1.02. The van der Waals surface area contributed by atoms with Gasteiger partial charge in [0.1, 0.15) is 6.54 Å². The molecule has 0 spiro atoms. The minimum atomic E-state index is 0.0681. The number of carbonyl (C=O) groups is 1. The van der Waals surface area contributed by atoms with Crippen LogP contribution in [0.15, 0.2) is 17.1 Å². The Bertz CT molecular complexity index is 503. The standard InChI is InChI=1S/C27H51N3O/c1-4-6-7-8-9-10-11-12-13-14-15-16-17-18-19-20-21-27-29-23-25-30(27,5-2)24-22-28-26(3)31/h13-14,23,27H,4-12,15-22,24-25H2,1-3H3/p+1/b14-13+. The fraction of sp³-hybridized carbons (Fsp3) is 0.852. The molecule has 1 heterocycles. The van der Waals surface area contributed by atoms with Gasteiger partial charge in [0.25, 0.3) is 0 Å². The van der Waals surface area contributed by atoms with Crippen molar-refractivity contribution >= 4 is 12.1 Å². The fourth-order valence-electron chi connectivity index (χ4n) is 4.71. The number of nitrogens with one attached hydrogen (secondary N) is 1. The maximum atomic E-state index is 11.2. The molecule has 0 fully saturated rings. The molecule has 2 atom stereocenters. The maximum absolute atomic E-state index is 11.2. The van der Waals surface area contributed by atoms with E-state index in [1.807, 2.05) is 0 Å². The van der Waals surface area contributed by atoms with Crippen LogP contribution in [0, 0.1) is 0 Å². The quantitative estimate of drug-likeness (QED) is 0.128. The average molecular weight is 435 g/mol. The van der Waals surface area contributed by atoms with Gasteiger partial charge in [0.05, 0.1) is 25.8 Å². The molecule has 4 heteroatoms. The Morgan fingerprint density at radius 1 is 0.935 bits per heavy atom. The Morgan fingerprint density at radius 2 is 1.52 bits per heavy atom. The molecule has 2 unspecified atom stereocenters. The molecule has 0 saturated heterocycles. The summed E-state index contributed by atoms with van der Waals surface area (Å²) in [4.78, 5) is 16.0. The number of hydrogen-bond acceptors (Lipinski definition) is 2. The van der Waals surface area contributed by atoms with E-state index in [9.17, 15) is 4.79 Å². The summed E-state index contributed by atoms with van der Waals surface area (Å²) in [5.41, 5.74) is 0. The first-order chi connectivity index (χ1) is 15.1.